The fourth-order valence-corrected chi connectivity index (χ4v) is 3.13. The van der Waals surface area contributed by atoms with Crippen LogP contribution in [0.4, 0.5) is 0 Å². The van der Waals surface area contributed by atoms with Crippen molar-refractivity contribution in [3.8, 4) is 0 Å². The van der Waals surface area contributed by atoms with Gasteiger partial charge in [-0.15, -0.1) is 0 Å². The summed E-state index contributed by atoms with van der Waals surface area (Å²) in [5.74, 6) is 0.669. The molecule has 2 atom stereocenters. The molecule has 0 aromatic heterocycles. The third kappa shape index (κ3) is 3.10. The van der Waals surface area contributed by atoms with Gasteiger partial charge in [-0.1, -0.05) is 50.6 Å². The normalized spacial score (nSPS) is 23.5. The molecule has 2 rings (SSSR count). The van der Waals surface area contributed by atoms with Gasteiger partial charge in [0, 0.05) is 6.04 Å². The Morgan fingerprint density at radius 3 is 2.71 bits per heavy atom. The molecule has 0 saturated carbocycles. The van der Waals surface area contributed by atoms with Crippen LogP contribution in [0.1, 0.15) is 51.0 Å². The zero-order valence-corrected chi connectivity index (χ0v) is 11.2. The summed E-state index contributed by atoms with van der Waals surface area (Å²) in [6.07, 6.45) is 5.44. The van der Waals surface area contributed by atoms with E-state index in [0.717, 1.165) is 6.04 Å². The molecule has 0 bridgehead atoms. The Labute approximate surface area is 106 Å². The van der Waals surface area contributed by atoms with Crippen molar-refractivity contribution in [2.75, 3.05) is 13.1 Å². The predicted molar refractivity (Wildman–Crippen MR) is 74.4 cm³/mol. The minimum absolute atomic E-state index is 0.669. The van der Waals surface area contributed by atoms with Crippen LogP contribution in [0.2, 0.25) is 0 Å². The highest BCUT2D eigenvalue weighted by Crippen LogP contribution is 2.30. The highest BCUT2D eigenvalue weighted by molar-refractivity contribution is 5.20. The molecule has 1 saturated heterocycles. The molecule has 1 nitrogen and oxygen atoms in total. The fraction of sp³-hybridized carbons (Fsp3) is 0.625. The first-order valence-electron chi connectivity index (χ1n) is 7.12. The first kappa shape index (κ1) is 12.6. The smallest absolute Gasteiger partial charge is 0.0161 e. The molecule has 1 aliphatic rings. The number of piperidine rings is 1. The van der Waals surface area contributed by atoms with E-state index in [2.05, 4.69) is 49.1 Å². The molecule has 0 amide bonds. The molecule has 1 aliphatic heterocycles. The monoisotopic (exact) mass is 231 g/mol. The molecule has 1 heterocycles. The zero-order chi connectivity index (χ0) is 12.1. The van der Waals surface area contributed by atoms with Gasteiger partial charge in [0.2, 0.25) is 0 Å². The van der Waals surface area contributed by atoms with Gasteiger partial charge in [-0.25, -0.2) is 0 Å². The number of hydrogen-bond acceptors (Lipinski definition) is 1. The summed E-state index contributed by atoms with van der Waals surface area (Å²) in [7, 11) is 0. The lowest BCUT2D eigenvalue weighted by Crippen LogP contribution is -2.42. The summed E-state index contributed by atoms with van der Waals surface area (Å²) in [6.45, 7) is 7.25. The Bertz CT molecular complexity index is 318. The van der Waals surface area contributed by atoms with E-state index in [1.54, 1.807) is 0 Å². The van der Waals surface area contributed by atoms with E-state index in [0.29, 0.717) is 5.92 Å². The summed E-state index contributed by atoms with van der Waals surface area (Å²) >= 11 is 0. The molecule has 0 radical (unpaired) electrons. The van der Waals surface area contributed by atoms with E-state index in [-0.39, 0.29) is 0 Å². The Morgan fingerprint density at radius 1 is 1.24 bits per heavy atom. The van der Waals surface area contributed by atoms with Crippen molar-refractivity contribution in [2.24, 2.45) is 0 Å². The van der Waals surface area contributed by atoms with Crippen molar-refractivity contribution < 1.29 is 0 Å². The van der Waals surface area contributed by atoms with Gasteiger partial charge in [0.25, 0.3) is 0 Å². The van der Waals surface area contributed by atoms with Crippen molar-refractivity contribution in [3.05, 3.63) is 35.9 Å². The summed E-state index contributed by atoms with van der Waals surface area (Å²) in [5, 5.41) is 0. The van der Waals surface area contributed by atoms with Gasteiger partial charge >= 0.3 is 0 Å². The quantitative estimate of drug-likeness (QED) is 0.755. The Kier molecular flexibility index (Phi) is 4.61. The third-order valence-corrected chi connectivity index (χ3v) is 4.08. The second-order valence-corrected chi connectivity index (χ2v) is 5.30. The summed E-state index contributed by atoms with van der Waals surface area (Å²) in [4.78, 5) is 2.71. The molecule has 17 heavy (non-hydrogen) atoms. The molecule has 0 spiro atoms. The average molecular weight is 231 g/mol. The zero-order valence-electron chi connectivity index (χ0n) is 11.2. The SMILES string of the molecule is CCCN1CCCCC1C(C)c1ccccc1. The van der Waals surface area contributed by atoms with E-state index in [9.17, 15) is 0 Å². The van der Waals surface area contributed by atoms with Gasteiger partial charge in [0.1, 0.15) is 0 Å². The van der Waals surface area contributed by atoms with Gasteiger partial charge in [-0.2, -0.15) is 0 Å². The van der Waals surface area contributed by atoms with Crippen molar-refractivity contribution in [2.45, 2.75) is 51.5 Å². The maximum atomic E-state index is 2.71. The van der Waals surface area contributed by atoms with Crippen LogP contribution in [-0.2, 0) is 0 Å². The van der Waals surface area contributed by atoms with E-state index in [1.165, 1.54) is 44.3 Å². The highest BCUT2D eigenvalue weighted by Gasteiger charge is 2.27. The summed E-state index contributed by atoms with van der Waals surface area (Å²) < 4.78 is 0. The fourth-order valence-electron chi connectivity index (χ4n) is 3.13. The van der Waals surface area contributed by atoms with Crippen LogP contribution in [0.25, 0.3) is 0 Å². The van der Waals surface area contributed by atoms with Crippen LogP contribution in [0.15, 0.2) is 30.3 Å². The molecular formula is C16H25N. The largest absolute Gasteiger partial charge is 0.300 e. The molecule has 1 heteroatoms. The van der Waals surface area contributed by atoms with Gasteiger partial charge in [0.05, 0.1) is 0 Å². The minimum Gasteiger partial charge on any atom is -0.300 e. The first-order chi connectivity index (χ1) is 8.33. The van der Waals surface area contributed by atoms with Gasteiger partial charge in [0.15, 0.2) is 0 Å². The standard InChI is InChI=1S/C16H25N/c1-3-12-17-13-8-7-11-16(17)14(2)15-9-5-4-6-10-15/h4-6,9-10,14,16H,3,7-8,11-13H2,1-2H3. The molecule has 94 valence electrons. The number of hydrogen-bond donors (Lipinski definition) is 0. The van der Waals surface area contributed by atoms with E-state index < -0.39 is 0 Å². The van der Waals surface area contributed by atoms with E-state index in [4.69, 9.17) is 0 Å². The van der Waals surface area contributed by atoms with Gasteiger partial charge in [-0.05, 0) is 43.8 Å². The van der Waals surface area contributed by atoms with Crippen LogP contribution in [0, 0.1) is 0 Å². The minimum atomic E-state index is 0.669. The lowest BCUT2D eigenvalue weighted by atomic mass is 9.86. The van der Waals surface area contributed by atoms with Crippen molar-refractivity contribution >= 4 is 0 Å². The van der Waals surface area contributed by atoms with Crippen LogP contribution >= 0.6 is 0 Å². The molecular weight excluding hydrogens is 206 g/mol. The molecule has 2 unspecified atom stereocenters. The number of likely N-dealkylation sites (tertiary alicyclic amines) is 1. The Balaban J connectivity index is 2.08. The van der Waals surface area contributed by atoms with E-state index in [1.807, 2.05) is 0 Å². The van der Waals surface area contributed by atoms with Crippen LogP contribution < -0.4 is 0 Å². The topological polar surface area (TPSA) is 3.24 Å². The van der Waals surface area contributed by atoms with Crippen LogP contribution in [0.3, 0.4) is 0 Å². The van der Waals surface area contributed by atoms with Crippen molar-refractivity contribution in [1.29, 1.82) is 0 Å². The Hall–Kier alpha value is -0.820. The maximum Gasteiger partial charge on any atom is 0.0161 e. The first-order valence-corrected chi connectivity index (χ1v) is 7.12. The van der Waals surface area contributed by atoms with E-state index >= 15 is 0 Å². The van der Waals surface area contributed by atoms with Gasteiger partial charge < -0.3 is 0 Å². The number of rotatable bonds is 4. The second kappa shape index (κ2) is 6.20. The summed E-state index contributed by atoms with van der Waals surface area (Å²) in [6, 6.07) is 11.8. The Morgan fingerprint density at radius 2 is 2.00 bits per heavy atom. The average Bonchev–Trinajstić information content (AvgIpc) is 2.40. The highest BCUT2D eigenvalue weighted by atomic mass is 15.2. The maximum absolute atomic E-state index is 2.71. The number of nitrogens with zero attached hydrogens (tertiary/aromatic N) is 1. The van der Waals surface area contributed by atoms with Crippen molar-refractivity contribution in [3.63, 3.8) is 0 Å². The van der Waals surface area contributed by atoms with Gasteiger partial charge in [-0.3, -0.25) is 4.90 Å². The lowest BCUT2D eigenvalue weighted by Gasteiger charge is -2.39. The molecule has 0 N–H and O–H groups in total. The second-order valence-electron chi connectivity index (χ2n) is 5.30. The molecule has 1 aromatic carbocycles. The predicted octanol–water partition coefficient (Wildman–Crippen LogP) is 4.05. The lowest BCUT2D eigenvalue weighted by molar-refractivity contribution is 0.129. The summed E-state index contributed by atoms with van der Waals surface area (Å²) in [5.41, 5.74) is 1.50. The van der Waals surface area contributed by atoms with Crippen molar-refractivity contribution in [1.82, 2.24) is 4.90 Å². The third-order valence-electron chi connectivity index (χ3n) is 4.08. The molecule has 0 aliphatic carbocycles. The van der Waals surface area contributed by atoms with Crippen LogP contribution in [0.5, 0.6) is 0 Å². The van der Waals surface area contributed by atoms with Crippen LogP contribution in [-0.4, -0.2) is 24.0 Å². The molecule has 1 aromatic rings. The number of benzene rings is 1. The molecule has 1 fully saturated rings.